The highest BCUT2D eigenvalue weighted by molar-refractivity contribution is 14.1. The molecule has 5 heteroatoms. The summed E-state index contributed by atoms with van der Waals surface area (Å²) in [5.74, 6) is -1.13. The van der Waals surface area contributed by atoms with Gasteiger partial charge in [0.25, 0.3) is 11.7 Å². The normalized spacial score (nSPS) is 14.3. The van der Waals surface area contributed by atoms with Crippen LogP contribution in [-0.4, -0.2) is 11.7 Å². The molecular weight excluding hydrogens is 304 g/mol. The Morgan fingerprint density at radius 1 is 1.31 bits per heavy atom. The van der Waals surface area contributed by atoms with Gasteiger partial charge in [0.1, 0.15) is 0 Å². The molecule has 0 fully saturated rings. The van der Waals surface area contributed by atoms with E-state index >= 15 is 0 Å². The van der Waals surface area contributed by atoms with Crippen LogP contribution in [0.4, 0.5) is 5.69 Å². The second kappa shape index (κ2) is 2.95. The van der Waals surface area contributed by atoms with Crippen molar-refractivity contribution in [2.45, 2.75) is 0 Å². The van der Waals surface area contributed by atoms with Crippen molar-refractivity contribution in [3.05, 3.63) is 26.3 Å². The van der Waals surface area contributed by atoms with E-state index in [0.29, 0.717) is 16.3 Å². The first-order valence-corrected chi connectivity index (χ1v) is 4.90. The van der Waals surface area contributed by atoms with Crippen molar-refractivity contribution in [1.29, 1.82) is 0 Å². The average molecular weight is 307 g/mol. The van der Waals surface area contributed by atoms with E-state index in [-0.39, 0.29) is 0 Å². The standard InChI is InChI=1S/C8H3ClINO2/c9-5-4(10)2-1-3-6(5)11-8(13)7(3)12/h1-2H,(H,11,12,13). The lowest BCUT2D eigenvalue weighted by molar-refractivity contribution is -0.112. The van der Waals surface area contributed by atoms with Gasteiger partial charge in [-0.05, 0) is 34.7 Å². The summed E-state index contributed by atoms with van der Waals surface area (Å²) in [5, 5.41) is 2.86. The third-order valence-electron chi connectivity index (χ3n) is 1.78. The van der Waals surface area contributed by atoms with Crippen molar-refractivity contribution >= 4 is 51.6 Å². The Kier molecular flexibility index (Phi) is 2.03. The summed E-state index contributed by atoms with van der Waals surface area (Å²) < 4.78 is 0.813. The Bertz CT molecular complexity index is 430. The summed E-state index contributed by atoms with van der Waals surface area (Å²) in [6.07, 6.45) is 0. The summed E-state index contributed by atoms with van der Waals surface area (Å²) in [4.78, 5) is 22.2. The van der Waals surface area contributed by atoms with Gasteiger partial charge in [0.05, 0.1) is 16.3 Å². The lowest BCUT2D eigenvalue weighted by atomic mass is 10.1. The van der Waals surface area contributed by atoms with Gasteiger partial charge in [-0.15, -0.1) is 0 Å². The van der Waals surface area contributed by atoms with E-state index in [2.05, 4.69) is 5.32 Å². The molecule has 0 radical (unpaired) electrons. The number of benzene rings is 1. The molecule has 1 aliphatic heterocycles. The van der Waals surface area contributed by atoms with Crippen LogP contribution in [0.25, 0.3) is 0 Å². The third-order valence-corrected chi connectivity index (χ3v) is 3.39. The molecule has 1 aromatic rings. The van der Waals surface area contributed by atoms with Crippen LogP contribution in [-0.2, 0) is 4.79 Å². The van der Waals surface area contributed by atoms with Crippen molar-refractivity contribution in [3.8, 4) is 0 Å². The molecule has 1 amide bonds. The quantitative estimate of drug-likeness (QED) is 0.589. The van der Waals surface area contributed by atoms with E-state index < -0.39 is 11.7 Å². The maximum Gasteiger partial charge on any atom is 0.296 e. The molecule has 0 aliphatic carbocycles. The second-order valence-electron chi connectivity index (χ2n) is 2.57. The highest BCUT2D eigenvalue weighted by atomic mass is 127. The molecule has 1 aromatic carbocycles. The number of fused-ring (bicyclic) bond motifs is 1. The van der Waals surface area contributed by atoms with Gasteiger partial charge < -0.3 is 5.32 Å². The van der Waals surface area contributed by atoms with Crippen LogP contribution in [0.1, 0.15) is 10.4 Å². The molecule has 0 saturated carbocycles. The molecule has 0 saturated heterocycles. The van der Waals surface area contributed by atoms with Crippen LogP contribution >= 0.6 is 34.2 Å². The van der Waals surface area contributed by atoms with Crippen molar-refractivity contribution in [1.82, 2.24) is 0 Å². The van der Waals surface area contributed by atoms with Gasteiger partial charge in [-0.3, -0.25) is 9.59 Å². The highest BCUT2D eigenvalue weighted by Gasteiger charge is 2.30. The summed E-state index contributed by atoms with van der Waals surface area (Å²) in [6.45, 7) is 0. The van der Waals surface area contributed by atoms with Gasteiger partial charge in [-0.2, -0.15) is 0 Å². The molecule has 0 bridgehead atoms. The third kappa shape index (κ3) is 1.24. The van der Waals surface area contributed by atoms with E-state index in [4.69, 9.17) is 11.6 Å². The van der Waals surface area contributed by atoms with Gasteiger partial charge in [-0.25, -0.2) is 0 Å². The number of Topliss-reactive ketones (excluding diaryl/α,β-unsaturated/α-hetero) is 1. The summed E-state index contributed by atoms with van der Waals surface area (Å²) in [6, 6.07) is 3.31. The van der Waals surface area contributed by atoms with Gasteiger partial charge in [0.15, 0.2) is 0 Å². The van der Waals surface area contributed by atoms with E-state index in [1.165, 1.54) is 0 Å². The zero-order chi connectivity index (χ0) is 9.59. The number of anilines is 1. The van der Waals surface area contributed by atoms with Crippen LogP contribution < -0.4 is 5.32 Å². The zero-order valence-corrected chi connectivity index (χ0v) is 9.14. The first-order chi connectivity index (χ1) is 6.11. The summed E-state index contributed by atoms with van der Waals surface area (Å²) in [5.41, 5.74) is 0.791. The predicted octanol–water partition coefficient (Wildman–Crippen LogP) is 2.08. The van der Waals surface area contributed by atoms with Crippen molar-refractivity contribution in [3.63, 3.8) is 0 Å². The lowest BCUT2D eigenvalue weighted by Crippen LogP contribution is -2.12. The molecular formula is C8H3ClINO2. The second-order valence-corrected chi connectivity index (χ2v) is 4.11. The first-order valence-electron chi connectivity index (χ1n) is 3.45. The number of rotatable bonds is 0. The van der Waals surface area contributed by atoms with E-state index in [1.807, 2.05) is 22.6 Å². The van der Waals surface area contributed by atoms with Crippen molar-refractivity contribution in [2.24, 2.45) is 0 Å². The average Bonchev–Trinajstić information content (AvgIpc) is 2.38. The summed E-state index contributed by atoms with van der Waals surface area (Å²) >= 11 is 7.93. The molecule has 1 heterocycles. The monoisotopic (exact) mass is 307 g/mol. The SMILES string of the molecule is O=C1Nc2c(ccc(I)c2Cl)C1=O. The molecule has 66 valence electrons. The highest BCUT2D eigenvalue weighted by Crippen LogP contribution is 2.34. The molecule has 0 atom stereocenters. The fourth-order valence-corrected chi connectivity index (χ4v) is 1.82. The number of amides is 1. The zero-order valence-electron chi connectivity index (χ0n) is 6.23. The molecule has 3 nitrogen and oxygen atoms in total. The predicted molar refractivity (Wildman–Crippen MR) is 57.1 cm³/mol. The van der Waals surface area contributed by atoms with Gasteiger partial charge in [0.2, 0.25) is 0 Å². The molecule has 13 heavy (non-hydrogen) atoms. The van der Waals surface area contributed by atoms with Crippen molar-refractivity contribution in [2.75, 3.05) is 5.32 Å². The van der Waals surface area contributed by atoms with E-state index in [1.54, 1.807) is 12.1 Å². The van der Waals surface area contributed by atoms with Crippen LogP contribution in [0.2, 0.25) is 5.02 Å². The summed E-state index contributed by atoms with van der Waals surface area (Å²) in [7, 11) is 0. The number of hydrogen-bond acceptors (Lipinski definition) is 2. The Balaban J connectivity index is 2.70. The molecule has 0 spiro atoms. The number of carbonyl (C=O) groups is 2. The molecule has 2 rings (SSSR count). The van der Waals surface area contributed by atoms with Crippen LogP contribution in [0.15, 0.2) is 12.1 Å². The minimum absolute atomic E-state index is 0.357. The molecule has 1 N–H and O–H groups in total. The fraction of sp³-hybridized carbons (Fsp3) is 0. The number of hydrogen-bond donors (Lipinski definition) is 1. The van der Waals surface area contributed by atoms with Gasteiger partial charge in [-0.1, -0.05) is 11.6 Å². The van der Waals surface area contributed by atoms with Crippen LogP contribution in [0, 0.1) is 3.57 Å². The number of ketones is 1. The Morgan fingerprint density at radius 2 is 2.00 bits per heavy atom. The molecule has 0 aromatic heterocycles. The van der Waals surface area contributed by atoms with E-state index in [0.717, 1.165) is 3.57 Å². The largest absolute Gasteiger partial charge is 0.317 e. The van der Waals surface area contributed by atoms with E-state index in [9.17, 15) is 9.59 Å². The Hall–Kier alpha value is -0.620. The maximum atomic E-state index is 11.2. The van der Waals surface area contributed by atoms with Gasteiger partial charge in [0, 0.05) is 3.57 Å². The van der Waals surface area contributed by atoms with Gasteiger partial charge >= 0.3 is 0 Å². The smallest absolute Gasteiger partial charge is 0.296 e. The number of nitrogens with one attached hydrogen (secondary N) is 1. The minimum Gasteiger partial charge on any atom is -0.317 e. The molecule has 1 aliphatic rings. The number of halogens is 2. The number of carbonyl (C=O) groups excluding carboxylic acids is 2. The lowest BCUT2D eigenvalue weighted by Gasteiger charge is -2.01. The molecule has 0 unspecified atom stereocenters. The Labute approximate surface area is 92.6 Å². The van der Waals surface area contributed by atoms with Crippen molar-refractivity contribution < 1.29 is 9.59 Å². The maximum absolute atomic E-state index is 11.2. The Morgan fingerprint density at radius 3 is 2.69 bits per heavy atom. The topological polar surface area (TPSA) is 46.2 Å². The fourth-order valence-electron chi connectivity index (χ4n) is 1.15. The van der Waals surface area contributed by atoms with Crippen LogP contribution in [0.5, 0.6) is 0 Å². The van der Waals surface area contributed by atoms with Crippen LogP contribution in [0.3, 0.4) is 0 Å². The first kappa shape index (κ1) is 8.96. The minimum atomic E-state index is -0.612.